The first-order chi connectivity index (χ1) is 15.7. The Labute approximate surface area is 191 Å². The van der Waals surface area contributed by atoms with Gasteiger partial charge in [-0.3, -0.25) is 4.79 Å². The molecule has 1 aromatic heterocycles. The first-order valence-corrected chi connectivity index (χ1v) is 12.1. The Morgan fingerprint density at radius 3 is 2.19 bits per heavy atom. The second-order valence-electron chi connectivity index (χ2n) is 8.64. The monoisotopic (exact) mass is 437 g/mol. The summed E-state index contributed by atoms with van der Waals surface area (Å²) in [5, 5.41) is 0. The highest BCUT2D eigenvalue weighted by atomic mass is 16.5. The number of piperazine rings is 1. The van der Waals surface area contributed by atoms with Gasteiger partial charge in [-0.1, -0.05) is 19.8 Å². The predicted octanol–water partition coefficient (Wildman–Crippen LogP) is 4.00. The van der Waals surface area contributed by atoms with Gasteiger partial charge in [-0.25, -0.2) is 9.97 Å². The summed E-state index contributed by atoms with van der Waals surface area (Å²) in [6, 6.07) is 9.65. The van der Waals surface area contributed by atoms with Crippen molar-refractivity contribution in [2.45, 2.75) is 45.4 Å². The lowest BCUT2D eigenvalue weighted by Gasteiger charge is -2.36. The highest BCUT2D eigenvalue weighted by Gasteiger charge is 2.24. The normalized spacial score (nSPS) is 16.8. The molecule has 1 aromatic carbocycles. The second kappa shape index (κ2) is 11.2. The molecule has 0 aliphatic carbocycles. The lowest BCUT2D eigenvalue weighted by molar-refractivity contribution is 0.0746. The van der Waals surface area contributed by atoms with Gasteiger partial charge < -0.3 is 19.4 Å². The first kappa shape index (κ1) is 22.4. The third-order valence-corrected chi connectivity index (χ3v) is 6.33. The molecule has 2 aromatic rings. The molecule has 2 saturated heterocycles. The molecule has 0 saturated carbocycles. The van der Waals surface area contributed by atoms with E-state index < -0.39 is 0 Å². The fourth-order valence-corrected chi connectivity index (χ4v) is 4.36. The Morgan fingerprint density at radius 1 is 0.875 bits per heavy atom. The molecule has 32 heavy (non-hydrogen) atoms. The standard InChI is InChI=1S/C25H35N5O2/c1-2-3-7-18-32-22-10-8-21(9-11-22)25(31)30-16-14-29(15-17-30)24-19-23(26-20-27-24)28-12-5-4-6-13-28/h8-11,19-20H,2-7,12-18H2,1H3. The number of hydrogen-bond acceptors (Lipinski definition) is 6. The third kappa shape index (κ3) is 5.69. The molecule has 3 heterocycles. The van der Waals surface area contributed by atoms with E-state index in [4.69, 9.17) is 4.74 Å². The maximum absolute atomic E-state index is 12.9. The molecule has 7 heteroatoms. The largest absolute Gasteiger partial charge is 0.494 e. The van der Waals surface area contributed by atoms with E-state index in [0.29, 0.717) is 18.7 Å². The SMILES string of the molecule is CCCCCOc1ccc(C(=O)N2CCN(c3cc(N4CCCCC4)ncn3)CC2)cc1. The van der Waals surface area contributed by atoms with Crippen molar-refractivity contribution >= 4 is 17.5 Å². The molecule has 0 spiro atoms. The number of hydrogen-bond donors (Lipinski definition) is 0. The Bertz CT molecular complexity index is 859. The lowest BCUT2D eigenvalue weighted by atomic mass is 10.1. The van der Waals surface area contributed by atoms with Crippen molar-refractivity contribution in [3.05, 3.63) is 42.2 Å². The van der Waals surface area contributed by atoms with Crippen LogP contribution in [0.1, 0.15) is 55.8 Å². The molecule has 0 bridgehead atoms. The molecule has 172 valence electrons. The van der Waals surface area contributed by atoms with E-state index in [1.807, 2.05) is 29.2 Å². The van der Waals surface area contributed by atoms with Gasteiger partial charge in [-0.15, -0.1) is 0 Å². The average Bonchev–Trinajstić information content (AvgIpc) is 2.87. The summed E-state index contributed by atoms with van der Waals surface area (Å²) < 4.78 is 5.76. The molecule has 0 radical (unpaired) electrons. The number of carbonyl (C=O) groups is 1. The van der Waals surface area contributed by atoms with E-state index in [9.17, 15) is 4.79 Å². The van der Waals surface area contributed by atoms with E-state index in [0.717, 1.165) is 56.6 Å². The number of aromatic nitrogens is 2. The van der Waals surface area contributed by atoms with Gasteiger partial charge in [0.15, 0.2) is 0 Å². The summed E-state index contributed by atoms with van der Waals surface area (Å²) in [7, 11) is 0. The Morgan fingerprint density at radius 2 is 1.53 bits per heavy atom. The van der Waals surface area contributed by atoms with E-state index in [-0.39, 0.29) is 5.91 Å². The molecule has 1 amide bonds. The van der Waals surface area contributed by atoms with Gasteiger partial charge in [0.2, 0.25) is 0 Å². The summed E-state index contributed by atoms with van der Waals surface area (Å²) in [4.78, 5) is 28.5. The quantitative estimate of drug-likeness (QED) is 0.582. The van der Waals surface area contributed by atoms with Crippen molar-refractivity contribution in [2.75, 3.05) is 55.7 Å². The Balaban J connectivity index is 1.29. The van der Waals surface area contributed by atoms with Gasteiger partial charge in [0.1, 0.15) is 23.7 Å². The molecule has 2 fully saturated rings. The topological polar surface area (TPSA) is 61.8 Å². The van der Waals surface area contributed by atoms with Crippen LogP contribution in [0.4, 0.5) is 11.6 Å². The zero-order valence-electron chi connectivity index (χ0n) is 19.2. The molecule has 2 aliphatic rings. The van der Waals surface area contributed by atoms with Crippen LogP contribution in [-0.2, 0) is 0 Å². The van der Waals surface area contributed by atoms with Gasteiger partial charge in [-0.05, 0) is 49.9 Å². The number of carbonyl (C=O) groups excluding carboxylic acids is 1. The number of anilines is 2. The third-order valence-electron chi connectivity index (χ3n) is 6.33. The highest BCUT2D eigenvalue weighted by Crippen LogP contribution is 2.22. The van der Waals surface area contributed by atoms with Crippen LogP contribution in [-0.4, -0.2) is 66.7 Å². The average molecular weight is 438 g/mol. The number of rotatable bonds is 8. The van der Waals surface area contributed by atoms with E-state index >= 15 is 0 Å². The van der Waals surface area contributed by atoms with Crippen LogP contribution in [0.15, 0.2) is 36.7 Å². The number of nitrogens with zero attached hydrogens (tertiary/aromatic N) is 5. The van der Waals surface area contributed by atoms with Crippen LogP contribution in [0.25, 0.3) is 0 Å². The fraction of sp³-hybridized carbons (Fsp3) is 0.560. The zero-order valence-corrected chi connectivity index (χ0v) is 19.2. The number of unbranched alkanes of at least 4 members (excludes halogenated alkanes) is 2. The number of piperidine rings is 1. The van der Waals surface area contributed by atoms with Crippen molar-refractivity contribution in [1.29, 1.82) is 0 Å². The maximum atomic E-state index is 12.9. The van der Waals surface area contributed by atoms with Crippen molar-refractivity contribution in [3.63, 3.8) is 0 Å². The molecule has 7 nitrogen and oxygen atoms in total. The lowest BCUT2D eigenvalue weighted by Crippen LogP contribution is -2.49. The van der Waals surface area contributed by atoms with Crippen LogP contribution in [0.5, 0.6) is 5.75 Å². The highest BCUT2D eigenvalue weighted by molar-refractivity contribution is 5.94. The summed E-state index contributed by atoms with van der Waals surface area (Å²) in [6.07, 6.45) is 8.85. The molecule has 0 atom stereocenters. The fourth-order valence-electron chi connectivity index (χ4n) is 4.36. The van der Waals surface area contributed by atoms with Crippen LogP contribution in [0.3, 0.4) is 0 Å². The van der Waals surface area contributed by atoms with E-state index in [2.05, 4.69) is 32.8 Å². The van der Waals surface area contributed by atoms with Gasteiger partial charge in [0.05, 0.1) is 6.61 Å². The van der Waals surface area contributed by atoms with Crippen LogP contribution >= 0.6 is 0 Å². The number of amides is 1. The zero-order chi connectivity index (χ0) is 22.2. The summed E-state index contributed by atoms with van der Waals surface area (Å²) >= 11 is 0. The second-order valence-corrected chi connectivity index (χ2v) is 8.64. The first-order valence-electron chi connectivity index (χ1n) is 12.1. The van der Waals surface area contributed by atoms with Crippen molar-refractivity contribution in [3.8, 4) is 5.75 Å². The number of benzene rings is 1. The van der Waals surface area contributed by atoms with E-state index in [1.54, 1.807) is 6.33 Å². The summed E-state index contributed by atoms with van der Waals surface area (Å²) in [5.41, 5.74) is 0.716. The van der Waals surface area contributed by atoms with Gasteiger partial charge in [-0.2, -0.15) is 0 Å². The molecule has 0 N–H and O–H groups in total. The Hall–Kier alpha value is -2.83. The van der Waals surface area contributed by atoms with Crippen molar-refractivity contribution in [2.24, 2.45) is 0 Å². The van der Waals surface area contributed by atoms with Crippen LogP contribution in [0, 0.1) is 0 Å². The van der Waals surface area contributed by atoms with Crippen LogP contribution in [0.2, 0.25) is 0 Å². The minimum Gasteiger partial charge on any atom is -0.494 e. The molecular formula is C25H35N5O2. The van der Waals surface area contributed by atoms with Gasteiger partial charge in [0, 0.05) is 50.9 Å². The van der Waals surface area contributed by atoms with Crippen molar-refractivity contribution < 1.29 is 9.53 Å². The minimum atomic E-state index is 0.0823. The minimum absolute atomic E-state index is 0.0823. The van der Waals surface area contributed by atoms with Gasteiger partial charge >= 0.3 is 0 Å². The predicted molar refractivity (Wildman–Crippen MR) is 128 cm³/mol. The maximum Gasteiger partial charge on any atom is 0.253 e. The smallest absolute Gasteiger partial charge is 0.253 e. The Kier molecular flexibility index (Phi) is 7.80. The van der Waals surface area contributed by atoms with Crippen LogP contribution < -0.4 is 14.5 Å². The summed E-state index contributed by atoms with van der Waals surface area (Å²) in [6.45, 7) is 7.99. The molecule has 2 aliphatic heterocycles. The number of ether oxygens (including phenoxy) is 1. The molecular weight excluding hydrogens is 402 g/mol. The van der Waals surface area contributed by atoms with E-state index in [1.165, 1.54) is 32.1 Å². The summed E-state index contributed by atoms with van der Waals surface area (Å²) in [5.74, 6) is 2.89. The molecule has 4 rings (SSSR count). The van der Waals surface area contributed by atoms with Crippen molar-refractivity contribution in [1.82, 2.24) is 14.9 Å². The molecule has 0 unspecified atom stereocenters. The van der Waals surface area contributed by atoms with Gasteiger partial charge in [0.25, 0.3) is 5.91 Å².